The molecule has 0 aromatic carbocycles. The predicted octanol–water partition coefficient (Wildman–Crippen LogP) is 1.61. The lowest BCUT2D eigenvalue weighted by Gasteiger charge is -2.17. The van der Waals surface area contributed by atoms with Crippen LogP contribution >= 0.6 is 0 Å². The van der Waals surface area contributed by atoms with E-state index in [1.807, 2.05) is 0 Å². The summed E-state index contributed by atoms with van der Waals surface area (Å²) in [6.45, 7) is 3.87. The van der Waals surface area contributed by atoms with Crippen molar-refractivity contribution in [1.82, 2.24) is 10.1 Å². The summed E-state index contributed by atoms with van der Waals surface area (Å²) >= 11 is 0. The summed E-state index contributed by atoms with van der Waals surface area (Å²) in [6, 6.07) is 3.38. The number of aryl methyl sites for hydroxylation is 1. The molecule has 0 fully saturated rings. The number of nitrogens with one attached hydrogen (secondary N) is 1. The minimum atomic E-state index is -0.310. The molecule has 1 rings (SSSR count). The van der Waals surface area contributed by atoms with Crippen LogP contribution in [-0.2, 0) is 0 Å². The monoisotopic (exact) mass is 222 g/mol. The number of aromatic nitrogens is 1. The number of nitriles is 1. The number of nitrogens with zero attached hydrogens (tertiary/aromatic N) is 3. The topological polar surface area (TPSA) is 82.2 Å². The molecule has 0 aliphatic heterocycles. The predicted molar refractivity (Wildman–Crippen MR) is 57.7 cm³/mol. The van der Waals surface area contributed by atoms with Crippen molar-refractivity contribution in [3.8, 4) is 6.07 Å². The molecule has 0 radical (unpaired) electrons. The van der Waals surface area contributed by atoms with E-state index in [4.69, 9.17) is 9.78 Å². The Kier molecular flexibility index (Phi) is 3.89. The van der Waals surface area contributed by atoms with Gasteiger partial charge in [-0.05, 0) is 13.8 Å². The molecule has 0 aliphatic rings. The Hall–Kier alpha value is -2.03. The molecular weight excluding hydrogens is 208 g/mol. The van der Waals surface area contributed by atoms with E-state index >= 15 is 0 Å². The van der Waals surface area contributed by atoms with E-state index in [-0.39, 0.29) is 11.9 Å². The minimum Gasteiger partial charge on any atom is -0.360 e. The maximum Gasteiger partial charge on any atom is 0.322 e. The zero-order chi connectivity index (χ0) is 12.1. The first-order chi connectivity index (χ1) is 7.52. The second kappa shape index (κ2) is 5.16. The zero-order valence-electron chi connectivity index (χ0n) is 9.52. The molecule has 1 atom stereocenters. The van der Waals surface area contributed by atoms with Crippen molar-refractivity contribution in [1.29, 1.82) is 5.26 Å². The first kappa shape index (κ1) is 12.0. The van der Waals surface area contributed by atoms with E-state index in [2.05, 4.69) is 16.5 Å². The van der Waals surface area contributed by atoms with Crippen LogP contribution in [0.15, 0.2) is 10.6 Å². The molecule has 16 heavy (non-hydrogen) atoms. The summed E-state index contributed by atoms with van der Waals surface area (Å²) in [7, 11) is 1.62. The van der Waals surface area contributed by atoms with E-state index in [0.717, 1.165) is 0 Å². The molecule has 1 aromatic rings. The highest BCUT2D eigenvalue weighted by atomic mass is 16.5. The van der Waals surface area contributed by atoms with Crippen LogP contribution < -0.4 is 5.32 Å². The number of anilines is 1. The van der Waals surface area contributed by atoms with E-state index in [9.17, 15) is 4.79 Å². The smallest absolute Gasteiger partial charge is 0.322 e. The van der Waals surface area contributed by atoms with Crippen molar-refractivity contribution in [3.63, 3.8) is 0 Å². The zero-order valence-corrected chi connectivity index (χ0v) is 9.52. The van der Waals surface area contributed by atoms with Crippen LogP contribution in [0.1, 0.15) is 12.7 Å². The number of urea groups is 1. The van der Waals surface area contributed by atoms with Crippen molar-refractivity contribution in [3.05, 3.63) is 11.8 Å². The lowest BCUT2D eigenvalue weighted by molar-refractivity contribution is 0.219. The lowest BCUT2D eigenvalue weighted by atomic mass is 10.2. The van der Waals surface area contributed by atoms with E-state index in [1.54, 1.807) is 27.0 Å². The highest BCUT2D eigenvalue weighted by molar-refractivity contribution is 5.88. The third kappa shape index (κ3) is 3.28. The lowest BCUT2D eigenvalue weighted by Crippen LogP contribution is -2.34. The third-order valence-corrected chi connectivity index (χ3v) is 1.98. The Morgan fingerprint density at radius 1 is 1.81 bits per heavy atom. The average Bonchev–Trinajstić information content (AvgIpc) is 2.63. The van der Waals surface area contributed by atoms with Crippen molar-refractivity contribution in [2.24, 2.45) is 5.92 Å². The van der Waals surface area contributed by atoms with Crippen molar-refractivity contribution < 1.29 is 9.32 Å². The van der Waals surface area contributed by atoms with Crippen molar-refractivity contribution >= 4 is 11.8 Å². The number of hydrogen-bond acceptors (Lipinski definition) is 4. The molecule has 1 aromatic heterocycles. The molecule has 1 unspecified atom stereocenters. The maximum atomic E-state index is 11.6. The van der Waals surface area contributed by atoms with E-state index in [1.165, 1.54) is 4.90 Å². The van der Waals surface area contributed by atoms with Crippen LogP contribution in [0.25, 0.3) is 0 Å². The molecule has 2 amide bonds. The quantitative estimate of drug-likeness (QED) is 0.842. The molecule has 0 spiro atoms. The molecular formula is C10H14N4O2. The summed E-state index contributed by atoms with van der Waals surface area (Å²) in [5, 5.41) is 14.8. The van der Waals surface area contributed by atoms with Gasteiger partial charge < -0.3 is 9.42 Å². The van der Waals surface area contributed by atoms with Gasteiger partial charge in [-0.2, -0.15) is 5.26 Å². The van der Waals surface area contributed by atoms with Gasteiger partial charge in [-0.1, -0.05) is 5.16 Å². The summed E-state index contributed by atoms with van der Waals surface area (Å²) in [5.74, 6) is 0.803. The minimum absolute atomic E-state index is 0.199. The van der Waals surface area contributed by atoms with Crippen LogP contribution in [0.2, 0.25) is 0 Å². The molecule has 1 N–H and O–H groups in total. The van der Waals surface area contributed by atoms with Crippen LogP contribution in [0.4, 0.5) is 10.6 Å². The summed E-state index contributed by atoms with van der Waals surface area (Å²) in [5.41, 5.74) is 0. The number of carbonyl (C=O) groups is 1. The van der Waals surface area contributed by atoms with Gasteiger partial charge in [0.25, 0.3) is 0 Å². The second-order valence-electron chi connectivity index (χ2n) is 3.66. The highest BCUT2D eigenvalue weighted by Gasteiger charge is 2.13. The Labute approximate surface area is 93.8 Å². The normalized spacial score (nSPS) is 11.6. The number of hydrogen-bond donors (Lipinski definition) is 1. The van der Waals surface area contributed by atoms with Gasteiger partial charge >= 0.3 is 6.03 Å². The largest absolute Gasteiger partial charge is 0.360 e. The average molecular weight is 222 g/mol. The SMILES string of the molecule is Cc1cc(NC(=O)N(C)CC(C)C#N)no1. The standard InChI is InChI=1S/C10H14N4O2/c1-7(5-11)6-14(3)10(15)12-9-4-8(2)16-13-9/h4,7H,6H2,1-3H3,(H,12,13,15). The Bertz CT molecular complexity index is 407. The van der Waals surface area contributed by atoms with E-state index in [0.29, 0.717) is 18.1 Å². The van der Waals surface area contributed by atoms with Crippen molar-refractivity contribution in [2.45, 2.75) is 13.8 Å². The van der Waals surface area contributed by atoms with Gasteiger partial charge in [0.05, 0.1) is 12.0 Å². The summed E-state index contributed by atoms with van der Waals surface area (Å²) < 4.78 is 4.81. The molecule has 86 valence electrons. The summed E-state index contributed by atoms with van der Waals surface area (Å²) in [6.07, 6.45) is 0. The Morgan fingerprint density at radius 2 is 2.50 bits per heavy atom. The van der Waals surface area contributed by atoms with Gasteiger partial charge in [-0.15, -0.1) is 0 Å². The van der Waals surface area contributed by atoms with Crippen LogP contribution in [0.5, 0.6) is 0 Å². The highest BCUT2D eigenvalue weighted by Crippen LogP contribution is 2.08. The van der Waals surface area contributed by atoms with Crippen LogP contribution in [0.3, 0.4) is 0 Å². The van der Waals surface area contributed by atoms with Gasteiger partial charge in [0, 0.05) is 19.7 Å². The van der Waals surface area contributed by atoms with Gasteiger partial charge in [0.15, 0.2) is 5.82 Å². The Morgan fingerprint density at radius 3 is 3.00 bits per heavy atom. The molecule has 0 saturated carbocycles. The number of amides is 2. The molecule has 6 nitrogen and oxygen atoms in total. The third-order valence-electron chi connectivity index (χ3n) is 1.98. The Balaban J connectivity index is 2.49. The van der Waals surface area contributed by atoms with E-state index < -0.39 is 0 Å². The van der Waals surface area contributed by atoms with Crippen molar-refractivity contribution in [2.75, 3.05) is 18.9 Å². The first-order valence-electron chi connectivity index (χ1n) is 4.88. The van der Waals surface area contributed by atoms with Gasteiger partial charge in [0.1, 0.15) is 5.76 Å². The van der Waals surface area contributed by atoms with Gasteiger partial charge in [-0.3, -0.25) is 5.32 Å². The number of carbonyl (C=O) groups excluding carboxylic acids is 1. The molecule has 0 bridgehead atoms. The molecule has 6 heteroatoms. The van der Waals surface area contributed by atoms with Gasteiger partial charge in [-0.25, -0.2) is 4.79 Å². The fraction of sp³-hybridized carbons (Fsp3) is 0.500. The fourth-order valence-corrected chi connectivity index (χ4v) is 1.16. The van der Waals surface area contributed by atoms with Crippen LogP contribution in [-0.4, -0.2) is 29.7 Å². The van der Waals surface area contributed by atoms with Crippen LogP contribution in [0, 0.1) is 24.2 Å². The first-order valence-corrected chi connectivity index (χ1v) is 4.88. The fourth-order valence-electron chi connectivity index (χ4n) is 1.16. The molecule has 0 aliphatic carbocycles. The maximum absolute atomic E-state index is 11.6. The molecule has 0 saturated heterocycles. The summed E-state index contributed by atoms with van der Waals surface area (Å²) in [4.78, 5) is 13.0. The molecule has 1 heterocycles. The number of rotatable bonds is 3. The van der Waals surface area contributed by atoms with Gasteiger partial charge in [0.2, 0.25) is 0 Å². The second-order valence-corrected chi connectivity index (χ2v) is 3.66.